The second-order valence-corrected chi connectivity index (χ2v) is 14.1. The number of nitro benzene ring substituents is 1. The second-order valence-electron chi connectivity index (χ2n) is 12.2. The lowest BCUT2D eigenvalue weighted by Gasteiger charge is -2.30. The number of carbonyl (C=O) groups excluding carboxylic acids is 2. The van der Waals surface area contributed by atoms with Crippen molar-refractivity contribution in [2.24, 2.45) is 5.92 Å². The largest absolute Gasteiger partial charge is 0.453 e. The van der Waals surface area contributed by atoms with Crippen LogP contribution in [0.3, 0.4) is 0 Å². The van der Waals surface area contributed by atoms with E-state index < -0.39 is 51.6 Å². The predicted molar refractivity (Wildman–Crippen MR) is 190 cm³/mol. The highest BCUT2D eigenvalue weighted by atomic mass is 32.2. The molecule has 0 saturated carbocycles. The van der Waals surface area contributed by atoms with Crippen LogP contribution in [-0.2, 0) is 26.0 Å². The summed E-state index contributed by atoms with van der Waals surface area (Å²) < 4.78 is 33.8. The van der Waals surface area contributed by atoms with E-state index in [0.29, 0.717) is 17.7 Å². The molecule has 13 heteroatoms. The number of rotatable bonds is 16. The molecule has 0 aliphatic carbocycles. The number of benzene rings is 4. The van der Waals surface area contributed by atoms with Crippen molar-refractivity contribution in [2.45, 2.75) is 49.6 Å². The number of nitrogens with one attached hydrogen (secondary N) is 2. The fourth-order valence-corrected chi connectivity index (χ4v) is 7.30. The average Bonchev–Trinajstić information content (AvgIpc) is 3.11. The summed E-state index contributed by atoms with van der Waals surface area (Å²) in [6, 6.07) is 28.2. The van der Waals surface area contributed by atoms with Crippen molar-refractivity contribution in [3.8, 4) is 0 Å². The second kappa shape index (κ2) is 17.5. The molecule has 0 aromatic heterocycles. The van der Waals surface area contributed by atoms with Crippen molar-refractivity contribution in [3.63, 3.8) is 0 Å². The van der Waals surface area contributed by atoms with Gasteiger partial charge in [-0.2, -0.15) is 4.31 Å². The first kappa shape index (κ1) is 37.7. The Hall–Kier alpha value is -5.11. The third-order valence-corrected chi connectivity index (χ3v) is 10.2. The van der Waals surface area contributed by atoms with Crippen LogP contribution in [0.25, 0.3) is 0 Å². The quantitative estimate of drug-likeness (QED) is 0.0983. The van der Waals surface area contributed by atoms with Gasteiger partial charge in [-0.05, 0) is 59.7 Å². The number of aliphatic hydroxyl groups is 1. The molecular weight excluding hydrogens is 660 g/mol. The smallest absolute Gasteiger partial charge is 0.407 e. The zero-order chi connectivity index (χ0) is 36.3. The maximum atomic E-state index is 14.0. The summed E-state index contributed by atoms with van der Waals surface area (Å²) in [5, 5.41) is 27.3. The highest BCUT2D eigenvalue weighted by Gasteiger charge is 2.34. The zero-order valence-corrected chi connectivity index (χ0v) is 29.0. The Morgan fingerprint density at radius 1 is 0.900 bits per heavy atom. The van der Waals surface area contributed by atoms with Crippen LogP contribution in [0.2, 0.25) is 0 Å². The molecule has 0 bridgehead atoms. The molecule has 0 fully saturated rings. The minimum Gasteiger partial charge on any atom is -0.453 e. The summed E-state index contributed by atoms with van der Waals surface area (Å²) in [4.78, 5) is 36.9. The number of non-ortho nitro benzene ring substituents is 1. The van der Waals surface area contributed by atoms with E-state index in [2.05, 4.69) is 10.6 Å². The third-order valence-electron chi connectivity index (χ3n) is 8.26. The van der Waals surface area contributed by atoms with E-state index in [1.807, 2.05) is 74.5 Å². The molecule has 0 saturated heterocycles. The molecule has 0 unspecified atom stereocenters. The van der Waals surface area contributed by atoms with E-state index in [0.717, 1.165) is 23.3 Å². The van der Waals surface area contributed by atoms with Crippen LogP contribution in [0, 0.1) is 16.0 Å². The Morgan fingerprint density at radius 2 is 1.50 bits per heavy atom. The molecule has 0 radical (unpaired) electrons. The highest BCUT2D eigenvalue weighted by molar-refractivity contribution is 7.89. The summed E-state index contributed by atoms with van der Waals surface area (Å²) in [6.07, 6.45) is -0.167. The molecule has 2 atom stereocenters. The number of methoxy groups -OCH3 is 1. The first-order valence-corrected chi connectivity index (χ1v) is 17.6. The number of sulfonamides is 1. The molecule has 12 nitrogen and oxygen atoms in total. The number of anilines is 1. The van der Waals surface area contributed by atoms with Gasteiger partial charge in [0, 0.05) is 30.3 Å². The van der Waals surface area contributed by atoms with Crippen molar-refractivity contribution < 1.29 is 32.8 Å². The normalized spacial score (nSPS) is 12.8. The van der Waals surface area contributed by atoms with Gasteiger partial charge >= 0.3 is 6.09 Å². The van der Waals surface area contributed by atoms with Gasteiger partial charge in [0.05, 0.1) is 29.6 Å². The fraction of sp³-hybridized carbons (Fsp3) is 0.297. The number of hydrogen-bond acceptors (Lipinski definition) is 8. The van der Waals surface area contributed by atoms with E-state index in [1.165, 1.54) is 23.5 Å². The summed E-state index contributed by atoms with van der Waals surface area (Å²) in [6.45, 7) is 3.53. The van der Waals surface area contributed by atoms with E-state index >= 15 is 0 Å². The lowest BCUT2D eigenvalue weighted by atomic mass is 9.84. The Morgan fingerprint density at radius 3 is 2.02 bits per heavy atom. The summed E-state index contributed by atoms with van der Waals surface area (Å²) in [7, 11) is -2.94. The Labute approximate surface area is 292 Å². The number of hydrogen-bond donors (Lipinski definition) is 3. The molecule has 0 aliphatic heterocycles. The van der Waals surface area contributed by atoms with Crippen molar-refractivity contribution in [1.29, 1.82) is 0 Å². The number of nitro groups is 1. The minimum absolute atomic E-state index is 0.102. The first-order valence-electron chi connectivity index (χ1n) is 16.2. The van der Waals surface area contributed by atoms with Crippen LogP contribution in [0.15, 0.2) is 114 Å². The number of ether oxygens (including phenoxy) is 1. The van der Waals surface area contributed by atoms with Crippen LogP contribution >= 0.6 is 0 Å². The molecule has 50 heavy (non-hydrogen) atoms. The number of carbonyl (C=O) groups is 2. The van der Waals surface area contributed by atoms with Gasteiger partial charge in [-0.15, -0.1) is 0 Å². The van der Waals surface area contributed by atoms with Gasteiger partial charge in [-0.1, -0.05) is 86.6 Å². The maximum Gasteiger partial charge on any atom is 0.407 e. The summed E-state index contributed by atoms with van der Waals surface area (Å²) in [5.74, 6) is -0.926. The number of nitrogens with zero attached hydrogens (tertiary/aromatic N) is 2. The molecule has 4 aromatic carbocycles. The molecule has 0 spiro atoms. The fourth-order valence-electron chi connectivity index (χ4n) is 5.67. The molecule has 2 amide bonds. The van der Waals surface area contributed by atoms with Crippen molar-refractivity contribution in [2.75, 3.05) is 25.6 Å². The van der Waals surface area contributed by atoms with Gasteiger partial charge in [0.25, 0.3) is 5.69 Å². The molecule has 4 aromatic rings. The standard InChI is InChI=1S/C37H42N4O8S/c1-26(2)21-22-40(50(47,48)33-19-17-31(18-20-33)41(45)46)32(25-42)24-27-11-10-16-30(23-27)38-36(43)35(39-37(44)49-3)34(28-12-6-4-7-13-28)29-14-8-5-9-15-29/h4-20,23,26,32,34-35,42H,21-22,24-25H2,1-3H3,(H,38,43)(H,39,44)/t32-,35-/m0/s1. The lowest BCUT2D eigenvalue weighted by Crippen LogP contribution is -2.48. The van der Waals surface area contributed by atoms with Crippen LogP contribution < -0.4 is 10.6 Å². The Kier molecular flexibility index (Phi) is 13.2. The minimum atomic E-state index is -4.16. The van der Waals surface area contributed by atoms with Crippen LogP contribution in [0.4, 0.5) is 16.2 Å². The van der Waals surface area contributed by atoms with Gasteiger partial charge in [-0.25, -0.2) is 13.2 Å². The predicted octanol–water partition coefficient (Wildman–Crippen LogP) is 5.73. The van der Waals surface area contributed by atoms with E-state index in [9.17, 15) is 33.2 Å². The number of amides is 2. The lowest BCUT2D eigenvalue weighted by molar-refractivity contribution is -0.384. The van der Waals surface area contributed by atoms with Crippen LogP contribution in [0.5, 0.6) is 0 Å². The molecule has 0 aliphatic rings. The molecule has 0 heterocycles. The van der Waals surface area contributed by atoms with Gasteiger partial charge in [0.1, 0.15) is 6.04 Å². The number of aliphatic hydroxyl groups excluding tert-OH is 1. The van der Waals surface area contributed by atoms with Crippen molar-refractivity contribution >= 4 is 33.4 Å². The van der Waals surface area contributed by atoms with E-state index in [4.69, 9.17) is 4.74 Å². The number of alkyl carbamates (subject to hydrolysis) is 1. The SMILES string of the molecule is COC(=O)N[C@H](C(=O)Nc1cccc(C[C@@H](CO)N(CCC(C)C)S(=O)(=O)c2ccc([N+](=O)[O-])cc2)c1)C(c1ccccc1)c1ccccc1. The average molecular weight is 703 g/mol. The Balaban J connectivity index is 1.63. The summed E-state index contributed by atoms with van der Waals surface area (Å²) in [5.41, 5.74) is 2.39. The third kappa shape index (κ3) is 9.74. The highest BCUT2D eigenvalue weighted by Crippen LogP contribution is 2.30. The van der Waals surface area contributed by atoms with Crippen molar-refractivity contribution in [1.82, 2.24) is 9.62 Å². The van der Waals surface area contributed by atoms with E-state index in [-0.39, 0.29) is 29.5 Å². The maximum absolute atomic E-state index is 14.0. The van der Waals surface area contributed by atoms with Crippen LogP contribution in [0.1, 0.15) is 42.9 Å². The first-order chi connectivity index (χ1) is 23.9. The van der Waals surface area contributed by atoms with Crippen LogP contribution in [-0.4, -0.2) is 67.1 Å². The molecule has 3 N–H and O–H groups in total. The van der Waals surface area contributed by atoms with E-state index in [1.54, 1.807) is 24.3 Å². The monoisotopic (exact) mass is 702 g/mol. The zero-order valence-electron chi connectivity index (χ0n) is 28.1. The summed E-state index contributed by atoms with van der Waals surface area (Å²) >= 11 is 0. The van der Waals surface area contributed by atoms with Gasteiger partial charge in [0.15, 0.2) is 0 Å². The molecular formula is C37H42N4O8S. The molecule has 4 rings (SSSR count). The van der Waals surface area contributed by atoms with Gasteiger partial charge in [-0.3, -0.25) is 14.9 Å². The topological polar surface area (TPSA) is 168 Å². The van der Waals surface area contributed by atoms with Gasteiger partial charge < -0.3 is 20.5 Å². The Bertz CT molecular complexity index is 1800. The van der Waals surface area contributed by atoms with Gasteiger partial charge in [0.2, 0.25) is 15.9 Å². The molecule has 264 valence electrons. The van der Waals surface area contributed by atoms with Crippen molar-refractivity contribution in [3.05, 3.63) is 136 Å².